The molecule has 0 spiro atoms. The second-order valence-electron chi connectivity index (χ2n) is 10.9. The van der Waals surface area contributed by atoms with Gasteiger partial charge in [-0.25, -0.2) is 0 Å². The summed E-state index contributed by atoms with van der Waals surface area (Å²) in [6.07, 6.45) is 1.09. The van der Waals surface area contributed by atoms with Gasteiger partial charge in [0.05, 0.1) is 17.1 Å². The number of hydrogen-bond acceptors (Lipinski definition) is 4. The lowest BCUT2D eigenvalue weighted by atomic mass is 9.80. The molecule has 34 heavy (non-hydrogen) atoms. The van der Waals surface area contributed by atoms with Gasteiger partial charge in [0.15, 0.2) is 0 Å². The van der Waals surface area contributed by atoms with Gasteiger partial charge in [-0.1, -0.05) is 78.8 Å². The Balaban J connectivity index is 0. The van der Waals surface area contributed by atoms with E-state index >= 15 is 0 Å². The van der Waals surface area contributed by atoms with Crippen molar-refractivity contribution >= 4 is 11.8 Å². The lowest BCUT2D eigenvalue weighted by Crippen LogP contribution is -2.35. The van der Waals surface area contributed by atoms with Crippen molar-refractivity contribution in [2.45, 2.75) is 114 Å². The van der Waals surface area contributed by atoms with Crippen LogP contribution in [0.25, 0.3) is 0 Å². The highest BCUT2D eigenvalue weighted by molar-refractivity contribution is 6.03. The number of ether oxygens (including phenoxy) is 2. The third-order valence-corrected chi connectivity index (χ3v) is 4.74. The van der Waals surface area contributed by atoms with Gasteiger partial charge in [-0.15, -0.1) is 0 Å². The smallest absolute Gasteiger partial charge is 0.233 e. The summed E-state index contributed by atoms with van der Waals surface area (Å²) in [6, 6.07) is 9.95. The molecule has 198 valence electrons. The van der Waals surface area contributed by atoms with Crippen LogP contribution in [-0.2, 0) is 25.5 Å². The van der Waals surface area contributed by atoms with Crippen LogP contribution in [0.4, 0.5) is 0 Å². The third-order valence-electron chi connectivity index (χ3n) is 4.74. The maximum absolute atomic E-state index is 12.3. The van der Waals surface area contributed by atoms with Gasteiger partial charge in [0, 0.05) is 13.0 Å². The molecule has 1 fully saturated rings. The molecule has 0 aromatic heterocycles. The van der Waals surface area contributed by atoms with Crippen LogP contribution in [0.2, 0.25) is 0 Å². The molecular formula is C29H53NO4. The summed E-state index contributed by atoms with van der Waals surface area (Å²) in [6.45, 7) is 27.0. The first-order valence-electron chi connectivity index (χ1n) is 12.8. The topological polar surface area (TPSA) is 55.8 Å². The summed E-state index contributed by atoms with van der Waals surface area (Å²) in [4.78, 5) is 25.7. The van der Waals surface area contributed by atoms with Crippen LogP contribution in [0.5, 0.6) is 0 Å². The van der Waals surface area contributed by atoms with Gasteiger partial charge in [0.1, 0.15) is 6.79 Å². The minimum atomic E-state index is -0.171. The molecule has 2 amide bonds. The molecular weight excluding hydrogens is 426 g/mol. The van der Waals surface area contributed by atoms with E-state index in [0.717, 1.165) is 12.0 Å². The van der Waals surface area contributed by atoms with Gasteiger partial charge in [-0.3, -0.25) is 14.5 Å². The summed E-state index contributed by atoms with van der Waals surface area (Å²) in [5, 5.41) is 0. The molecule has 0 N–H and O–H groups in total. The standard InChI is InChI=1S/C16H21NO2.C9H20O2.2C2H6/c1-16(2,3)13-11-14(18)17(15(13)19)10-9-12-7-5-4-6-8-12;1-8(2,3)10-7-11-9(4,5)6;2*1-2/h4-8,13H,9-11H2,1-3H3;7H2,1-6H3;2*1-2H3. The van der Waals surface area contributed by atoms with Crippen molar-refractivity contribution in [2.24, 2.45) is 11.3 Å². The number of likely N-dealkylation sites (tertiary alicyclic amines) is 1. The fraction of sp³-hybridized carbons (Fsp3) is 0.724. The van der Waals surface area contributed by atoms with E-state index in [4.69, 9.17) is 9.47 Å². The number of carbonyl (C=O) groups is 2. The second kappa shape index (κ2) is 16.0. The summed E-state index contributed by atoms with van der Waals surface area (Å²) < 4.78 is 10.8. The molecule has 0 saturated carbocycles. The number of amides is 2. The number of imide groups is 1. The molecule has 1 aliphatic rings. The van der Waals surface area contributed by atoms with Crippen molar-refractivity contribution in [2.75, 3.05) is 13.3 Å². The molecule has 1 heterocycles. The van der Waals surface area contributed by atoms with Gasteiger partial charge >= 0.3 is 0 Å². The third kappa shape index (κ3) is 15.2. The Hall–Kier alpha value is -1.72. The SMILES string of the molecule is CC.CC.CC(C)(C)C1CC(=O)N(CCc2ccccc2)C1=O.CC(C)(C)OCOC(C)(C)C. The Labute approximate surface area is 210 Å². The fourth-order valence-corrected chi connectivity index (χ4v) is 2.86. The van der Waals surface area contributed by atoms with E-state index in [2.05, 4.69) is 0 Å². The Bertz CT molecular complexity index is 665. The highest BCUT2D eigenvalue weighted by Crippen LogP contribution is 2.35. The highest BCUT2D eigenvalue weighted by atomic mass is 16.7. The van der Waals surface area contributed by atoms with Gasteiger partial charge in [0.25, 0.3) is 0 Å². The molecule has 1 aromatic carbocycles. The minimum Gasteiger partial charge on any atom is -0.350 e. The van der Waals surface area contributed by atoms with Gasteiger partial charge in [-0.2, -0.15) is 0 Å². The Morgan fingerprint density at radius 1 is 0.794 bits per heavy atom. The molecule has 1 atom stereocenters. The van der Waals surface area contributed by atoms with E-state index in [1.54, 1.807) is 0 Å². The number of carbonyl (C=O) groups excluding carboxylic acids is 2. The Kier molecular flexibility index (Phi) is 16.3. The van der Waals surface area contributed by atoms with Crippen molar-refractivity contribution in [3.05, 3.63) is 35.9 Å². The van der Waals surface area contributed by atoms with Gasteiger partial charge in [0.2, 0.25) is 11.8 Å². The van der Waals surface area contributed by atoms with Crippen LogP contribution in [0.15, 0.2) is 30.3 Å². The Morgan fingerprint density at radius 3 is 1.59 bits per heavy atom. The first-order chi connectivity index (χ1) is 15.6. The monoisotopic (exact) mass is 479 g/mol. The van der Waals surface area contributed by atoms with Crippen LogP contribution < -0.4 is 0 Å². The lowest BCUT2D eigenvalue weighted by Gasteiger charge is -2.24. The lowest BCUT2D eigenvalue weighted by molar-refractivity contribution is -0.163. The van der Waals surface area contributed by atoms with Crippen molar-refractivity contribution in [1.82, 2.24) is 4.90 Å². The Morgan fingerprint density at radius 2 is 1.24 bits per heavy atom. The van der Waals surface area contributed by atoms with Crippen LogP contribution in [0, 0.1) is 11.3 Å². The predicted molar refractivity (Wildman–Crippen MR) is 144 cm³/mol. The fourth-order valence-electron chi connectivity index (χ4n) is 2.86. The predicted octanol–water partition coefficient (Wildman–Crippen LogP) is 7.28. The van der Waals surface area contributed by atoms with E-state index in [9.17, 15) is 9.59 Å². The average Bonchev–Trinajstić information content (AvgIpc) is 3.03. The molecule has 2 rings (SSSR count). The van der Waals surface area contributed by atoms with E-state index in [1.165, 1.54) is 4.90 Å². The number of rotatable bonds is 5. The minimum absolute atomic E-state index is 0.00608. The molecule has 0 bridgehead atoms. The first-order valence-corrected chi connectivity index (χ1v) is 12.8. The van der Waals surface area contributed by atoms with Crippen LogP contribution in [-0.4, -0.2) is 41.3 Å². The van der Waals surface area contributed by atoms with Crippen molar-refractivity contribution in [3.8, 4) is 0 Å². The molecule has 1 unspecified atom stereocenters. The zero-order valence-corrected chi connectivity index (χ0v) is 24.4. The average molecular weight is 480 g/mol. The molecule has 1 saturated heterocycles. The molecule has 0 radical (unpaired) electrons. The largest absolute Gasteiger partial charge is 0.350 e. The normalized spacial score (nSPS) is 16.0. The number of nitrogens with zero attached hydrogens (tertiary/aromatic N) is 1. The van der Waals surface area contributed by atoms with E-state index in [-0.39, 0.29) is 34.3 Å². The van der Waals surface area contributed by atoms with Crippen LogP contribution in [0.3, 0.4) is 0 Å². The molecule has 1 aliphatic heterocycles. The van der Waals surface area contributed by atoms with Crippen molar-refractivity contribution < 1.29 is 19.1 Å². The molecule has 0 aliphatic carbocycles. The van der Waals surface area contributed by atoms with E-state index in [1.807, 2.05) is 120 Å². The zero-order chi connectivity index (χ0) is 27.2. The first kappa shape index (κ1) is 34.4. The van der Waals surface area contributed by atoms with E-state index < -0.39 is 0 Å². The van der Waals surface area contributed by atoms with Gasteiger partial charge in [-0.05, 0) is 58.9 Å². The van der Waals surface area contributed by atoms with Crippen molar-refractivity contribution in [1.29, 1.82) is 0 Å². The van der Waals surface area contributed by atoms with Gasteiger partial charge < -0.3 is 9.47 Å². The summed E-state index contributed by atoms with van der Waals surface area (Å²) >= 11 is 0. The quantitative estimate of drug-likeness (QED) is 0.329. The molecule has 5 nitrogen and oxygen atoms in total. The van der Waals surface area contributed by atoms with Crippen LogP contribution in [0.1, 0.15) is 102 Å². The summed E-state index contributed by atoms with van der Waals surface area (Å²) in [5.74, 6) is -0.204. The maximum Gasteiger partial charge on any atom is 0.233 e. The summed E-state index contributed by atoms with van der Waals surface area (Å²) in [5.41, 5.74) is 0.799. The molecule has 1 aromatic rings. The number of benzene rings is 1. The summed E-state index contributed by atoms with van der Waals surface area (Å²) in [7, 11) is 0. The zero-order valence-electron chi connectivity index (χ0n) is 24.4. The van der Waals surface area contributed by atoms with Crippen molar-refractivity contribution in [3.63, 3.8) is 0 Å². The molecule has 5 heteroatoms. The highest BCUT2D eigenvalue weighted by Gasteiger charge is 2.44. The maximum atomic E-state index is 12.3. The number of hydrogen-bond donors (Lipinski definition) is 0. The van der Waals surface area contributed by atoms with Crippen LogP contribution >= 0.6 is 0 Å². The second-order valence-corrected chi connectivity index (χ2v) is 10.9. The van der Waals surface area contributed by atoms with E-state index in [0.29, 0.717) is 19.8 Å².